The van der Waals surface area contributed by atoms with E-state index in [9.17, 15) is 19.8 Å². The van der Waals surface area contributed by atoms with Crippen molar-refractivity contribution in [2.75, 3.05) is 6.54 Å². The maximum absolute atomic E-state index is 12.5. The van der Waals surface area contributed by atoms with Crippen molar-refractivity contribution in [3.63, 3.8) is 0 Å². The summed E-state index contributed by atoms with van der Waals surface area (Å²) in [5.41, 5.74) is 2.28. The van der Waals surface area contributed by atoms with Crippen molar-refractivity contribution in [1.29, 1.82) is 0 Å². The number of carbonyl (C=O) groups is 2. The van der Waals surface area contributed by atoms with Gasteiger partial charge >= 0.3 is 5.97 Å². The van der Waals surface area contributed by atoms with Gasteiger partial charge in [0.2, 0.25) is 5.91 Å². The van der Waals surface area contributed by atoms with E-state index in [2.05, 4.69) is 17.4 Å². The van der Waals surface area contributed by atoms with Gasteiger partial charge in [0.15, 0.2) is 0 Å². The number of aliphatic carboxylic acids is 1. The monoisotopic (exact) mass is 370 g/mol. The SMILES string of the molecule is C[C@@H](O)[C@H]1C(=O)N2C(C(=O)O)=C3[C@@H](CNCc4ccccc4)CCC[C@@H]3[C@H]12. The van der Waals surface area contributed by atoms with E-state index < -0.39 is 18.0 Å². The second-order valence-corrected chi connectivity index (χ2v) is 7.93. The highest BCUT2D eigenvalue weighted by atomic mass is 16.4. The number of aliphatic hydroxyl groups is 1. The van der Waals surface area contributed by atoms with Gasteiger partial charge in [-0.05, 0) is 36.8 Å². The standard InChI is InChI=1S/C21H26N2O4/c1-12(24)16-18-15-9-5-8-14(11-22-10-13-6-3-2-4-7-13)17(15)19(21(26)27)23(18)20(16)25/h2-4,6-7,12,14-16,18,22,24H,5,8-11H2,1H3,(H,26,27)/t12-,14-,15+,16-,18-/m1/s1. The number of nitrogens with one attached hydrogen (secondary N) is 1. The molecule has 27 heavy (non-hydrogen) atoms. The summed E-state index contributed by atoms with van der Waals surface area (Å²) in [6, 6.07) is 9.93. The summed E-state index contributed by atoms with van der Waals surface area (Å²) in [6.07, 6.45) is 2.09. The molecule has 3 aliphatic rings. The van der Waals surface area contributed by atoms with Crippen LogP contribution in [0, 0.1) is 17.8 Å². The molecular formula is C21H26N2O4. The van der Waals surface area contributed by atoms with Crippen molar-refractivity contribution in [2.45, 2.75) is 44.9 Å². The molecule has 1 amide bonds. The Kier molecular flexibility index (Phi) is 4.78. The lowest BCUT2D eigenvalue weighted by molar-refractivity contribution is -0.163. The number of rotatable bonds is 6. The maximum atomic E-state index is 12.5. The lowest BCUT2D eigenvalue weighted by atomic mass is 9.69. The number of hydrogen-bond donors (Lipinski definition) is 3. The van der Waals surface area contributed by atoms with Crippen molar-refractivity contribution >= 4 is 11.9 Å². The van der Waals surface area contributed by atoms with E-state index in [1.807, 2.05) is 18.2 Å². The van der Waals surface area contributed by atoms with Crippen molar-refractivity contribution in [1.82, 2.24) is 10.2 Å². The Morgan fingerprint density at radius 2 is 2.04 bits per heavy atom. The molecule has 0 spiro atoms. The van der Waals surface area contributed by atoms with E-state index in [1.165, 1.54) is 10.5 Å². The molecule has 1 aliphatic carbocycles. The van der Waals surface area contributed by atoms with Gasteiger partial charge in [-0.25, -0.2) is 4.79 Å². The number of benzene rings is 1. The maximum Gasteiger partial charge on any atom is 0.352 e. The largest absolute Gasteiger partial charge is 0.477 e. The van der Waals surface area contributed by atoms with Crippen LogP contribution in [0.1, 0.15) is 31.7 Å². The predicted molar refractivity (Wildman–Crippen MR) is 99.4 cm³/mol. The zero-order valence-corrected chi connectivity index (χ0v) is 15.5. The van der Waals surface area contributed by atoms with E-state index in [4.69, 9.17) is 0 Å². The molecular weight excluding hydrogens is 344 g/mol. The third-order valence-electron chi connectivity index (χ3n) is 6.31. The minimum Gasteiger partial charge on any atom is -0.477 e. The molecule has 0 aromatic heterocycles. The summed E-state index contributed by atoms with van der Waals surface area (Å²) in [4.78, 5) is 25.9. The first-order chi connectivity index (χ1) is 13.0. The van der Waals surface area contributed by atoms with Crippen LogP contribution < -0.4 is 5.32 Å². The van der Waals surface area contributed by atoms with Gasteiger partial charge in [0.1, 0.15) is 5.70 Å². The van der Waals surface area contributed by atoms with Crippen molar-refractivity contribution < 1.29 is 19.8 Å². The third kappa shape index (κ3) is 2.97. The van der Waals surface area contributed by atoms with E-state index in [-0.39, 0.29) is 29.5 Å². The molecule has 0 bridgehead atoms. The second kappa shape index (κ2) is 7.09. The number of β-lactam (4-membered cyclic amide) rings is 1. The number of amides is 1. The Bertz CT molecular complexity index is 774. The highest BCUT2D eigenvalue weighted by molar-refractivity contribution is 6.00. The molecule has 6 heteroatoms. The number of nitrogens with zero attached hydrogens (tertiary/aromatic N) is 1. The molecule has 4 rings (SSSR count). The van der Waals surface area contributed by atoms with Gasteiger partial charge < -0.3 is 20.4 Å². The molecule has 0 unspecified atom stereocenters. The molecule has 0 radical (unpaired) electrons. The molecule has 2 fully saturated rings. The summed E-state index contributed by atoms with van der Waals surface area (Å²) >= 11 is 0. The van der Waals surface area contributed by atoms with Crippen LogP contribution in [0.4, 0.5) is 0 Å². The number of fused-ring (bicyclic) bond motifs is 3. The van der Waals surface area contributed by atoms with Gasteiger partial charge in [0, 0.05) is 19.0 Å². The van der Waals surface area contributed by atoms with Gasteiger partial charge in [0.25, 0.3) is 0 Å². The van der Waals surface area contributed by atoms with Crippen LogP contribution in [0.15, 0.2) is 41.6 Å². The van der Waals surface area contributed by atoms with Crippen LogP contribution >= 0.6 is 0 Å². The molecule has 1 saturated heterocycles. The number of aliphatic hydroxyl groups excluding tert-OH is 1. The molecule has 5 atom stereocenters. The number of carbonyl (C=O) groups excluding carboxylic acids is 1. The van der Waals surface area contributed by atoms with Gasteiger partial charge in [-0.3, -0.25) is 4.79 Å². The van der Waals surface area contributed by atoms with Crippen molar-refractivity contribution in [3.8, 4) is 0 Å². The average molecular weight is 370 g/mol. The summed E-state index contributed by atoms with van der Waals surface area (Å²) in [7, 11) is 0. The van der Waals surface area contributed by atoms with Crippen LogP contribution in [0.3, 0.4) is 0 Å². The number of hydrogen-bond acceptors (Lipinski definition) is 4. The first kappa shape index (κ1) is 18.2. The Morgan fingerprint density at radius 3 is 2.70 bits per heavy atom. The fourth-order valence-electron chi connectivity index (χ4n) is 5.20. The minimum atomic E-state index is -1.02. The number of carboxylic acids is 1. The molecule has 144 valence electrons. The predicted octanol–water partition coefficient (Wildman–Crippen LogP) is 1.75. The van der Waals surface area contributed by atoms with Gasteiger partial charge in [-0.2, -0.15) is 0 Å². The van der Waals surface area contributed by atoms with Gasteiger partial charge in [-0.15, -0.1) is 0 Å². The smallest absolute Gasteiger partial charge is 0.352 e. The molecule has 2 aliphatic heterocycles. The van der Waals surface area contributed by atoms with E-state index in [0.29, 0.717) is 6.54 Å². The zero-order valence-electron chi connectivity index (χ0n) is 15.5. The fraction of sp³-hybridized carbons (Fsp3) is 0.524. The number of carboxylic acid groups (broad SMARTS) is 1. The van der Waals surface area contributed by atoms with Crippen LogP contribution in [-0.4, -0.2) is 45.7 Å². The minimum absolute atomic E-state index is 0.0608. The molecule has 1 aromatic rings. The van der Waals surface area contributed by atoms with Crippen molar-refractivity contribution in [3.05, 3.63) is 47.2 Å². The fourth-order valence-corrected chi connectivity index (χ4v) is 5.20. The first-order valence-electron chi connectivity index (χ1n) is 9.73. The Labute approximate surface area is 158 Å². The van der Waals surface area contributed by atoms with Gasteiger partial charge in [-0.1, -0.05) is 36.8 Å². The summed E-state index contributed by atoms with van der Waals surface area (Å²) in [5.74, 6) is -1.56. The zero-order chi connectivity index (χ0) is 19.1. The van der Waals surface area contributed by atoms with Crippen LogP contribution in [-0.2, 0) is 16.1 Å². The lowest BCUT2D eigenvalue weighted by Gasteiger charge is -2.47. The van der Waals surface area contributed by atoms with Crippen LogP contribution in [0.5, 0.6) is 0 Å². The highest BCUT2D eigenvalue weighted by Gasteiger charge is 2.62. The Hall–Kier alpha value is -2.18. The summed E-state index contributed by atoms with van der Waals surface area (Å²) in [6.45, 7) is 3.06. The first-order valence-corrected chi connectivity index (χ1v) is 9.73. The normalized spacial score (nSPS) is 30.6. The van der Waals surface area contributed by atoms with Crippen LogP contribution in [0.25, 0.3) is 0 Å². The molecule has 1 aromatic carbocycles. The topological polar surface area (TPSA) is 89.9 Å². The molecule has 6 nitrogen and oxygen atoms in total. The Morgan fingerprint density at radius 1 is 1.30 bits per heavy atom. The lowest BCUT2D eigenvalue weighted by Crippen LogP contribution is -2.64. The van der Waals surface area contributed by atoms with Crippen LogP contribution in [0.2, 0.25) is 0 Å². The van der Waals surface area contributed by atoms with Gasteiger partial charge in [0.05, 0.1) is 18.1 Å². The summed E-state index contributed by atoms with van der Waals surface area (Å²) < 4.78 is 0. The second-order valence-electron chi connectivity index (χ2n) is 7.93. The molecule has 3 N–H and O–H groups in total. The van der Waals surface area contributed by atoms with E-state index in [1.54, 1.807) is 6.92 Å². The quantitative estimate of drug-likeness (QED) is 0.664. The van der Waals surface area contributed by atoms with E-state index in [0.717, 1.165) is 31.4 Å². The third-order valence-corrected chi connectivity index (χ3v) is 6.31. The average Bonchev–Trinajstić information content (AvgIpc) is 2.94. The van der Waals surface area contributed by atoms with E-state index >= 15 is 0 Å². The van der Waals surface area contributed by atoms with Crippen molar-refractivity contribution in [2.24, 2.45) is 17.8 Å². The Balaban J connectivity index is 1.55. The molecule has 1 saturated carbocycles. The highest BCUT2D eigenvalue weighted by Crippen LogP contribution is 2.53. The molecule has 2 heterocycles. The summed E-state index contributed by atoms with van der Waals surface area (Å²) in [5, 5.41) is 23.3.